The first-order valence-electron chi connectivity index (χ1n) is 6.84. The Morgan fingerprint density at radius 1 is 1.59 bits per heavy atom. The van der Waals surface area contributed by atoms with Crippen molar-refractivity contribution in [2.75, 3.05) is 25.0 Å². The zero-order chi connectivity index (χ0) is 15.5. The normalized spacial score (nSPS) is 21.1. The largest absolute Gasteiger partial charge is 0.349 e. The van der Waals surface area contributed by atoms with Crippen LogP contribution in [0.1, 0.15) is 16.1 Å². The fraction of sp³-hybridized carbons (Fsp3) is 0.462. The number of carbonyl (C=O) groups is 1. The molecule has 0 spiro atoms. The van der Waals surface area contributed by atoms with Crippen molar-refractivity contribution >= 4 is 23.3 Å². The Hall–Kier alpha value is -2.16. The summed E-state index contributed by atoms with van der Waals surface area (Å²) in [5.41, 5.74) is 0. The van der Waals surface area contributed by atoms with E-state index >= 15 is 0 Å². The molecular formula is C13H15FN6OS. The highest BCUT2D eigenvalue weighted by molar-refractivity contribution is 7.07. The number of halogens is 1. The monoisotopic (exact) mass is 322 g/mol. The van der Waals surface area contributed by atoms with E-state index in [-0.39, 0.29) is 18.5 Å². The Morgan fingerprint density at radius 2 is 2.45 bits per heavy atom. The molecule has 2 atom stereocenters. The molecule has 116 valence electrons. The standard InChI is InChI=1S/C13H15FN6OS/c1-19(13(21)11-5-17-18-22-11)7-10-4-9(14)6-20(10)12-2-3-15-8-16-12/h2-3,5,8-10H,4,6-7H2,1H3/t9-,10-/m0/s1. The first-order valence-corrected chi connectivity index (χ1v) is 7.62. The molecule has 9 heteroatoms. The van der Waals surface area contributed by atoms with E-state index in [9.17, 15) is 9.18 Å². The molecule has 0 radical (unpaired) electrons. The molecule has 1 fully saturated rings. The Labute approximate surface area is 131 Å². The third kappa shape index (κ3) is 3.03. The van der Waals surface area contributed by atoms with Crippen LogP contribution in [0.3, 0.4) is 0 Å². The molecule has 1 amide bonds. The maximum Gasteiger partial charge on any atom is 0.267 e. The second-order valence-electron chi connectivity index (χ2n) is 5.17. The molecule has 1 saturated heterocycles. The highest BCUT2D eigenvalue weighted by atomic mass is 32.1. The van der Waals surface area contributed by atoms with Crippen LogP contribution in [0, 0.1) is 0 Å². The van der Waals surface area contributed by atoms with Gasteiger partial charge in [-0.25, -0.2) is 14.4 Å². The molecule has 0 saturated carbocycles. The van der Waals surface area contributed by atoms with E-state index in [4.69, 9.17) is 0 Å². The Bertz CT molecular complexity index is 625. The number of amides is 1. The zero-order valence-electron chi connectivity index (χ0n) is 12.0. The lowest BCUT2D eigenvalue weighted by atomic mass is 10.2. The SMILES string of the molecule is CN(C[C@@H]1C[C@H](F)CN1c1ccncn1)C(=O)c1cnns1. The van der Waals surface area contributed by atoms with Crippen LogP contribution in [0.15, 0.2) is 24.8 Å². The highest BCUT2D eigenvalue weighted by Gasteiger charge is 2.34. The molecule has 2 aromatic rings. The third-order valence-corrected chi connectivity index (χ3v) is 4.28. The molecule has 22 heavy (non-hydrogen) atoms. The molecular weight excluding hydrogens is 307 g/mol. The average molecular weight is 322 g/mol. The van der Waals surface area contributed by atoms with Gasteiger partial charge < -0.3 is 9.80 Å². The first kappa shape index (κ1) is 14.8. The quantitative estimate of drug-likeness (QED) is 0.836. The molecule has 0 aliphatic carbocycles. The first-order chi connectivity index (χ1) is 10.6. The van der Waals surface area contributed by atoms with Crippen molar-refractivity contribution in [3.8, 4) is 0 Å². The molecule has 2 aromatic heterocycles. The third-order valence-electron chi connectivity index (χ3n) is 3.63. The summed E-state index contributed by atoms with van der Waals surface area (Å²) in [5, 5.41) is 3.67. The molecule has 1 aliphatic heterocycles. The number of aromatic nitrogens is 4. The summed E-state index contributed by atoms with van der Waals surface area (Å²) < 4.78 is 17.5. The van der Waals surface area contributed by atoms with E-state index in [1.165, 1.54) is 12.5 Å². The predicted molar refractivity (Wildman–Crippen MR) is 79.5 cm³/mol. The lowest BCUT2D eigenvalue weighted by Crippen LogP contribution is -2.41. The smallest absolute Gasteiger partial charge is 0.267 e. The van der Waals surface area contributed by atoms with Gasteiger partial charge in [0.25, 0.3) is 5.91 Å². The molecule has 0 unspecified atom stereocenters. The van der Waals surface area contributed by atoms with Gasteiger partial charge in [0.1, 0.15) is 23.2 Å². The number of hydrogen-bond donors (Lipinski definition) is 0. The van der Waals surface area contributed by atoms with Gasteiger partial charge in [0.05, 0.1) is 18.8 Å². The van der Waals surface area contributed by atoms with Crippen LogP contribution >= 0.6 is 11.5 Å². The second-order valence-corrected chi connectivity index (χ2v) is 5.96. The van der Waals surface area contributed by atoms with Gasteiger partial charge >= 0.3 is 0 Å². The summed E-state index contributed by atoms with van der Waals surface area (Å²) in [6.45, 7) is 0.701. The fourth-order valence-corrected chi connectivity index (χ4v) is 3.13. The summed E-state index contributed by atoms with van der Waals surface area (Å²) in [6.07, 6.45) is 3.97. The van der Waals surface area contributed by atoms with Crippen molar-refractivity contribution in [3.05, 3.63) is 29.7 Å². The minimum Gasteiger partial charge on any atom is -0.349 e. The van der Waals surface area contributed by atoms with Crippen molar-refractivity contribution < 1.29 is 9.18 Å². The molecule has 3 heterocycles. The number of likely N-dealkylation sites (N-methyl/N-ethyl adjacent to an activating group) is 1. The van der Waals surface area contributed by atoms with Crippen molar-refractivity contribution in [3.63, 3.8) is 0 Å². The van der Waals surface area contributed by atoms with Gasteiger partial charge in [0.2, 0.25) is 0 Å². The highest BCUT2D eigenvalue weighted by Crippen LogP contribution is 2.26. The van der Waals surface area contributed by atoms with Gasteiger partial charge in [-0.1, -0.05) is 4.49 Å². The minimum absolute atomic E-state index is 0.111. The minimum atomic E-state index is -0.923. The number of anilines is 1. The lowest BCUT2D eigenvalue weighted by molar-refractivity contribution is 0.0790. The van der Waals surface area contributed by atoms with Gasteiger partial charge in [0, 0.05) is 26.2 Å². The van der Waals surface area contributed by atoms with E-state index in [2.05, 4.69) is 19.6 Å². The molecule has 7 nitrogen and oxygen atoms in total. The van der Waals surface area contributed by atoms with Crippen LogP contribution in [0.2, 0.25) is 0 Å². The van der Waals surface area contributed by atoms with Crippen LogP contribution in [0.4, 0.5) is 10.2 Å². The van der Waals surface area contributed by atoms with Crippen LogP contribution < -0.4 is 4.90 Å². The number of rotatable bonds is 4. The van der Waals surface area contributed by atoms with Crippen molar-refractivity contribution in [1.82, 2.24) is 24.5 Å². The Balaban J connectivity index is 1.71. The fourth-order valence-electron chi connectivity index (χ4n) is 2.62. The molecule has 0 N–H and O–H groups in total. The van der Waals surface area contributed by atoms with Gasteiger partial charge in [-0.3, -0.25) is 4.79 Å². The van der Waals surface area contributed by atoms with Crippen molar-refractivity contribution in [2.45, 2.75) is 18.6 Å². The molecule has 1 aliphatic rings. The number of alkyl halides is 1. The molecule has 0 aromatic carbocycles. The molecule has 0 bridgehead atoms. The van der Waals surface area contributed by atoms with E-state index in [1.54, 1.807) is 24.2 Å². The molecule has 3 rings (SSSR count). The topological polar surface area (TPSA) is 75.1 Å². The van der Waals surface area contributed by atoms with E-state index in [0.717, 1.165) is 11.5 Å². The van der Waals surface area contributed by atoms with Gasteiger partial charge in [0.15, 0.2) is 0 Å². The number of nitrogens with zero attached hydrogens (tertiary/aromatic N) is 6. The summed E-state index contributed by atoms with van der Waals surface area (Å²) in [4.78, 5) is 24.2. The Kier molecular flexibility index (Phi) is 4.23. The summed E-state index contributed by atoms with van der Waals surface area (Å²) in [5.74, 6) is 0.528. The predicted octanol–water partition coefficient (Wildman–Crippen LogP) is 1.02. The second kappa shape index (κ2) is 6.30. The van der Waals surface area contributed by atoms with Gasteiger partial charge in [-0.2, -0.15) is 0 Å². The van der Waals surface area contributed by atoms with Crippen molar-refractivity contribution in [1.29, 1.82) is 0 Å². The van der Waals surface area contributed by atoms with Gasteiger partial charge in [-0.15, -0.1) is 5.10 Å². The van der Waals surface area contributed by atoms with Crippen LogP contribution in [-0.4, -0.2) is 62.7 Å². The van der Waals surface area contributed by atoms with Crippen molar-refractivity contribution in [2.24, 2.45) is 0 Å². The van der Waals surface area contributed by atoms with E-state index < -0.39 is 6.17 Å². The van der Waals surface area contributed by atoms with Crippen LogP contribution in [0.25, 0.3) is 0 Å². The maximum absolute atomic E-state index is 13.8. The van der Waals surface area contributed by atoms with Gasteiger partial charge in [-0.05, 0) is 17.6 Å². The Morgan fingerprint density at radius 3 is 3.14 bits per heavy atom. The summed E-state index contributed by atoms with van der Waals surface area (Å²) in [7, 11) is 1.70. The summed E-state index contributed by atoms with van der Waals surface area (Å²) in [6, 6.07) is 1.64. The van der Waals surface area contributed by atoms with E-state index in [0.29, 0.717) is 23.7 Å². The lowest BCUT2D eigenvalue weighted by Gasteiger charge is -2.28. The van der Waals surface area contributed by atoms with Crippen LogP contribution in [-0.2, 0) is 0 Å². The van der Waals surface area contributed by atoms with Crippen LogP contribution in [0.5, 0.6) is 0 Å². The van der Waals surface area contributed by atoms with E-state index in [1.807, 2.05) is 4.90 Å². The zero-order valence-corrected chi connectivity index (χ0v) is 12.8. The number of carbonyl (C=O) groups excluding carboxylic acids is 1. The number of hydrogen-bond acceptors (Lipinski definition) is 7. The average Bonchev–Trinajstić information content (AvgIpc) is 3.17. The summed E-state index contributed by atoms with van der Waals surface area (Å²) >= 11 is 1.05. The maximum atomic E-state index is 13.8.